The first kappa shape index (κ1) is 13.3. The second-order valence-electron chi connectivity index (χ2n) is 4.43. The minimum Gasteiger partial charge on any atom is -0.399 e. The zero-order valence-electron chi connectivity index (χ0n) is 10.1. The number of piperazine rings is 1. The molecule has 1 heterocycles. The average Bonchev–Trinajstić information content (AvgIpc) is 2.28. The molecule has 0 aliphatic carbocycles. The topological polar surface area (TPSA) is 66.6 Å². The number of anilines is 1. The maximum absolute atomic E-state index is 13.2. The van der Waals surface area contributed by atoms with Crippen LogP contribution in [0.2, 0.25) is 0 Å². The van der Waals surface area contributed by atoms with E-state index in [0.29, 0.717) is 26.2 Å². The van der Waals surface area contributed by atoms with Crippen molar-refractivity contribution in [1.82, 2.24) is 9.21 Å². The Hall–Kier alpha value is -1.18. The van der Waals surface area contributed by atoms with Crippen LogP contribution in [0.15, 0.2) is 23.1 Å². The van der Waals surface area contributed by atoms with Gasteiger partial charge >= 0.3 is 0 Å². The Morgan fingerprint density at radius 2 is 1.78 bits per heavy atom. The van der Waals surface area contributed by atoms with Gasteiger partial charge in [-0.15, -0.1) is 0 Å². The Bertz CT molecular complexity index is 519. The number of sulfonamides is 1. The molecule has 5 nitrogen and oxygen atoms in total. The lowest BCUT2D eigenvalue weighted by Gasteiger charge is -2.31. The number of rotatable bonds is 2. The monoisotopic (exact) mass is 273 g/mol. The van der Waals surface area contributed by atoms with Crippen LogP contribution in [0, 0.1) is 5.82 Å². The summed E-state index contributed by atoms with van der Waals surface area (Å²) in [6.07, 6.45) is 0. The molecule has 1 aromatic carbocycles. The van der Waals surface area contributed by atoms with Gasteiger partial charge < -0.3 is 10.6 Å². The Morgan fingerprint density at radius 1 is 1.17 bits per heavy atom. The molecular formula is C11H16FN3O2S. The summed E-state index contributed by atoms with van der Waals surface area (Å²) < 4.78 is 39.1. The first-order valence-electron chi connectivity index (χ1n) is 5.64. The first-order chi connectivity index (χ1) is 8.39. The highest BCUT2D eigenvalue weighted by atomic mass is 32.2. The highest BCUT2D eigenvalue weighted by Gasteiger charge is 2.27. The maximum Gasteiger partial charge on any atom is 0.243 e. The van der Waals surface area contributed by atoms with Gasteiger partial charge in [-0.2, -0.15) is 4.31 Å². The van der Waals surface area contributed by atoms with Crippen molar-refractivity contribution in [3.05, 3.63) is 24.0 Å². The lowest BCUT2D eigenvalue weighted by atomic mass is 10.3. The van der Waals surface area contributed by atoms with E-state index in [1.807, 2.05) is 11.9 Å². The molecule has 18 heavy (non-hydrogen) atoms. The number of nitrogens with zero attached hydrogens (tertiary/aromatic N) is 2. The van der Waals surface area contributed by atoms with Crippen molar-refractivity contribution in [2.45, 2.75) is 4.90 Å². The van der Waals surface area contributed by atoms with E-state index >= 15 is 0 Å². The molecule has 0 radical (unpaired) electrons. The fourth-order valence-corrected chi connectivity index (χ4v) is 3.40. The molecule has 1 fully saturated rings. The van der Waals surface area contributed by atoms with Crippen molar-refractivity contribution in [3.63, 3.8) is 0 Å². The van der Waals surface area contributed by atoms with Crippen molar-refractivity contribution >= 4 is 15.7 Å². The van der Waals surface area contributed by atoms with E-state index < -0.39 is 15.8 Å². The van der Waals surface area contributed by atoms with Crippen molar-refractivity contribution in [2.75, 3.05) is 39.0 Å². The number of halogens is 1. The van der Waals surface area contributed by atoms with E-state index in [1.165, 1.54) is 10.4 Å². The van der Waals surface area contributed by atoms with E-state index in [2.05, 4.69) is 0 Å². The number of hydrogen-bond acceptors (Lipinski definition) is 4. The number of likely N-dealkylation sites (N-methyl/N-ethyl adjacent to an activating group) is 1. The van der Waals surface area contributed by atoms with Crippen molar-refractivity contribution < 1.29 is 12.8 Å². The lowest BCUT2D eigenvalue weighted by molar-refractivity contribution is 0.222. The SMILES string of the molecule is CN1CCN(S(=O)(=O)c2cc(N)cc(F)c2)CC1. The third kappa shape index (κ3) is 2.63. The molecule has 0 saturated carbocycles. The fourth-order valence-electron chi connectivity index (χ4n) is 1.91. The zero-order valence-corrected chi connectivity index (χ0v) is 11.0. The third-order valence-electron chi connectivity index (χ3n) is 2.99. The quantitative estimate of drug-likeness (QED) is 0.789. The Balaban J connectivity index is 2.30. The molecule has 1 saturated heterocycles. The lowest BCUT2D eigenvalue weighted by Crippen LogP contribution is -2.47. The second kappa shape index (κ2) is 4.83. The summed E-state index contributed by atoms with van der Waals surface area (Å²) in [6.45, 7) is 2.17. The molecule has 2 N–H and O–H groups in total. The molecule has 0 bridgehead atoms. The highest BCUT2D eigenvalue weighted by molar-refractivity contribution is 7.89. The first-order valence-corrected chi connectivity index (χ1v) is 7.08. The fraction of sp³-hybridized carbons (Fsp3) is 0.455. The molecule has 1 aliphatic rings. The zero-order chi connectivity index (χ0) is 13.3. The van der Waals surface area contributed by atoms with Crippen molar-refractivity contribution in [1.29, 1.82) is 0 Å². The molecule has 0 unspecified atom stereocenters. The van der Waals surface area contributed by atoms with E-state index in [4.69, 9.17) is 5.73 Å². The smallest absolute Gasteiger partial charge is 0.243 e. The predicted octanol–water partition coefficient (Wildman–Crippen LogP) is 0.344. The molecule has 1 aliphatic heterocycles. The average molecular weight is 273 g/mol. The summed E-state index contributed by atoms with van der Waals surface area (Å²) in [5.41, 5.74) is 5.59. The predicted molar refractivity (Wildman–Crippen MR) is 67.1 cm³/mol. The second-order valence-corrected chi connectivity index (χ2v) is 6.37. The molecule has 0 atom stereocenters. The maximum atomic E-state index is 13.2. The van der Waals surface area contributed by atoms with Crippen LogP contribution in [-0.2, 0) is 10.0 Å². The number of nitrogen functional groups attached to an aromatic ring is 1. The van der Waals surface area contributed by atoms with Crippen molar-refractivity contribution in [2.24, 2.45) is 0 Å². The third-order valence-corrected chi connectivity index (χ3v) is 4.87. The molecule has 7 heteroatoms. The van der Waals surface area contributed by atoms with Gasteiger partial charge in [-0.05, 0) is 25.2 Å². The van der Waals surface area contributed by atoms with Gasteiger partial charge in [0.25, 0.3) is 0 Å². The van der Waals surface area contributed by atoms with Crippen LogP contribution in [-0.4, -0.2) is 50.8 Å². The van der Waals surface area contributed by atoms with E-state index in [0.717, 1.165) is 12.1 Å². The summed E-state index contributed by atoms with van der Waals surface area (Å²) >= 11 is 0. The molecule has 0 amide bonds. The van der Waals surface area contributed by atoms with Gasteiger partial charge in [0.2, 0.25) is 10.0 Å². The number of benzene rings is 1. The van der Waals surface area contributed by atoms with Crippen LogP contribution in [0.1, 0.15) is 0 Å². The number of hydrogen-bond donors (Lipinski definition) is 1. The molecule has 2 rings (SSSR count). The summed E-state index contributed by atoms with van der Waals surface area (Å²) in [4.78, 5) is 1.97. The van der Waals surface area contributed by atoms with Gasteiger partial charge in [0.15, 0.2) is 0 Å². The largest absolute Gasteiger partial charge is 0.399 e. The Labute approximate surface area is 106 Å². The van der Waals surface area contributed by atoms with Crippen LogP contribution in [0.3, 0.4) is 0 Å². The van der Waals surface area contributed by atoms with Gasteiger partial charge in [0, 0.05) is 31.9 Å². The van der Waals surface area contributed by atoms with Crippen molar-refractivity contribution in [3.8, 4) is 0 Å². The van der Waals surface area contributed by atoms with Crippen LogP contribution in [0.25, 0.3) is 0 Å². The highest BCUT2D eigenvalue weighted by Crippen LogP contribution is 2.20. The van der Waals surface area contributed by atoms with Crippen LogP contribution in [0.4, 0.5) is 10.1 Å². The Kier molecular flexibility index (Phi) is 3.56. The minimum absolute atomic E-state index is 0.0791. The molecule has 0 aromatic heterocycles. The van der Waals surface area contributed by atoms with E-state index in [1.54, 1.807) is 0 Å². The molecule has 1 aromatic rings. The van der Waals surface area contributed by atoms with Crippen LogP contribution in [0.5, 0.6) is 0 Å². The summed E-state index contributed by atoms with van der Waals surface area (Å²) in [7, 11) is -1.71. The van der Waals surface area contributed by atoms with Crippen LogP contribution >= 0.6 is 0 Å². The molecule has 100 valence electrons. The number of nitrogens with two attached hydrogens (primary N) is 1. The summed E-state index contributed by atoms with van der Waals surface area (Å²) in [5.74, 6) is -0.636. The van der Waals surface area contributed by atoms with Gasteiger partial charge in [-0.3, -0.25) is 0 Å². The van der Waals surface area contributed by atoms with E-state index in [-0.39, 0.29) is 10.6 Å². The normalized spacial score (nSPS) is 19.0. The van der Waals surface area contributed by atoms with Gasteiger partial charge in [-0.1, -0.05) is 0 Å². The van der Waals surface area contributed by atoms with E-state index in [9.17, 15) is 12.8 Å². The standard InChI is InChI=1S/C11H16FN3O2S/c1-14-2-4-15(5-3-14)18(16,17)11-7-9(12)6-10(13)8-11/h6-8H,2-5,13H2,1H3. The van der Waals surface area contributed by atoms with Gasteiger partial charge in [-0.25, -0.2) is 12.8 Å². The van der Waals surface area contributed by atoms with Gasteiger partial charge in [0.05, 0.1) is 4.90 Å². The molecule has 0 spiro atoms. The van der Waals surface area contributed by atoms with Crippen LogP contribution < -0.4 is 5.73 Å². The summed E-state index contributed by atoms with van der Waals surface area (Å²) in [6, 6.07) is 3.39. The Morgan fingerprint density at radius 3 is 2.33 bits per heavy atom. The summed E-state index contributed by atoms with van der Waals surface area (Å²) in [5, 5.41) is 0. The molecular weight excluding hydrogens is 257 g/mol. The van der Waals surface area contributed by atoms with Gasteiger partial charge in [0.1, 0.15) is 5.82 Å². The minimum atomic E-state index is -3.64.